The van der Waals surface area contributed by atoms with Gasteiger partial charge in [0.15, 0.2) is 0 Å². The lowest BCUT2D eigenvalue weighted by Gasteiger charge is -2.37. The predicted octanol–water partition coefficient (Wildman–Crippen LogP) is 1.41. The van der Waals surface area contributed by atoms with Gasteiger partial charge in [-0.2, -0.15) is 0 Å². The Morgan fingerprint density at radius 1 is 1.32 bits per heavy atom. The first kappa shape index (κ1) is 20.6. The second-order valence-electron chi connectivity index (χ2n) is 7.37. The second-order valence-corrected chi connectivity index (χ2v) is 7.37. The lowest BCUT2D eigenvalue weighted by molar-refractivity contribution is -0.140. The summed E-state index contributed by atoms with van der Waals surface area (Å²) in [7, 11) is 1.84. The van der Waals surface area contributed by atoms with Crippen molar-refractivity contribution in [3.8, 4) is 5.75 Å². The average Bonchev–Trinajstić information content (AvgIpc) is 2.72. The van der Waals surface area contributed by atoms with Crippen molar-refractivity contribution in [3.63, 3.8) is 0 Å². The fraction of sp³-hybridized carbons (Fsp3) is 0.619. The van der Waals surface area contributed by atoms with Gasteiger partial charge < -0.3 is 19.7 Å². The van der Waals surface area contributed by atoms with Crippen LogP contribution < -0.4 is 10.1 Å². The fourth-order valence-corrected chi connectivity index (χ4v) is 3.91. The molecule has 28 heavy (non-hydrogen) atoms. The first-order valence-corrected chi connectivity index (χ1v) is 10.2. The molecule has 2 aliphatic heterocycles. The van der Waals surface area contributed by atoms with Crippen LogP contribution in [0.3, 0.4) is 0 Å². The van der Waals surface area contributed by atoms with E-state index in [0.29, 0.717) is 39.5 Å². The zero-order valence-corrected chi connectivity index (χ0v) is 16.9. The number of piperazine rings is 1. The largest absolute Gasteiger partial charge is 0.494 e. The van der Waals surface area contributed by atoms with Gasteiger partial charge >= 0.3 is 0 Å². The molecule has 2 amide bonds. The van der Waals surface area contributed by atoms with E-state index in [1.807, 2.05) is 38.2 Å². The first-order valence-electron chi connectivity index (χ1n) is 10.2. The number of nitrogens with zero attached hydrogens (tertiary/aromatic N) is 2. The van der Waals surface area contributed by atoms with E-state index >= 15 is 0 Å². The van der Waals surface area contributed by atoms with Crippen LogP contribution in [-0.2, 0) is 20.9 Å². The Bertz CT molecular complexity index is 675. The standard InChI is InChI=1S/C21H31N3O4/c1-3-28-19-7-5-4-6-16(19)15-24-11-10-22-21(26)18(24)14-20(25)23(2)17-8-12-27-13-9-17/h4-7,17-18H,3,8-15H2,1-2H3,(H,22,26)/t18-/m0/s1. The summed E-state index contributed by atoms with van der Waals surface area (Å²) in [5.41, 5.74) is 1.04. The number of nitrogens with one attached hydrogen (secondary N) is 1. The Labute approximate surface area is 167 Å². The van der Waals surface area contributed by atoms with Crippen LogP contribution in [0, 0.1) is 0 Å². The molecule has 0 radical (unpaired) electrons. The number of para-hydroxylation sites is 1. The van der Waals surface area contributed by atoms with Crippen LogP contribution in [0.4, 0.5) is 0 Å². The molecular weight excluding hydrogens is 358 g/mol. The van der Waals surface area contributed by atoms with Gasteiger partial charge in [0.1, 0.15) is 5.75 Å². The molecule has 1 atom stereocenters. The highest BCUT2D eigenvalue weighted by Gasteiger charge is 2.34. The summed E-state index contributed by atoms with van der Waals surface area (Å²) in [5, 5.41) is 2.91. The quantitative estimate of drug-likeness (QED) is 0.764. The van der Waals surface area contributed by atoms with Crippen molar-refractivity contribution in [1.29, 1.82) is 0 Å². The van der Waals surface area contributed by atoms with E-state index in [9.17, 15) is 9.59 Å². The number of carbonyl (C=O) groups is 2. The van der Waals surface area contributed by atoms with Gasteiger partial charge in [0, 0.05) is 51.5 Å². The minimum absolute atomic E-state index is 0.0112. The Balaban J connectivity index is 1.68. The molecule has 7 nitrogen and oxygen atoms in total. The van der Waals surface area contributed by atoms with Gasteiger partial charge in [-0.25, -0.2) is 0 Å². The summed E-state index contributed by atoms with van der Waals surface area (Å²) >= 11 is 0. The van der Waals surface area contributed by atoms with Crippen molar-refractivity contribution in [2.75, 3.05) is 40.0 Å². The van der Waals surface area contributed by atoms with Crippen molar-refractivity contribution in [3.05, 3.63) is 29.8 Å². The maximum Gasteiger partial charge on any atom is 0.237 e. The number of benzene rings is 1. The summed E-state index contributed by atoms with van der Waals surface area (Å²) in [6.07, 6.45) is 1.89. The minimum atomic E-state index is -0.460. The Kier molecular flexibility index (Phi) is 7.28. The second kappa shape index (κ2) is 9.89. The molecule has 0 saturated carbocycles. The highest BCUT2D eigenvalue weighted by molar-refractivity contribution is 5.88. The molecule has 0 aliphatic carbocycles. The number of hydrogen-bond acceptors (Lipinski definition) is 5. The van der Waals surface area contributed by atoms with Crippen LogP contribution in [0.5, 0.6) is 5.75 Å². The molecule has 2 heterocycles. The molecule has 7 heteroatoms. The van der Waals surface area contributed by atoms with Crippen LogP contribution in [0.25, 0.3) is 0 Å². The molecule has 0 unspecified atom stereocenters. The van der Waals surface area contributed by atoms with Crippen molar-refractivity contribution in [1.82, 2.24) is 15.1 Å². The normalized spacial score (nSPS) is 21.2. The molecule has 0 aromatic heterocycles. The lowest BCUT2D eigenvalue weighted by atomic mass is 10.0. The topological polar surface area (TPSA) is 71.1 Å². The van der Waals surface area contributed by atoms with E-state index in [-0.39, 0.29) is 24.3 Å². The van der Waals surface area contributed by atoms with Crippen LogP contribution in [0.2, 0.25) is 0 Å². The summed E-state index contributed by atoms with van der Waals surface area (Å²) in [5.74, 6) is 0.770. The highest BCUT2D eigenvalue weighted by atomic mass is 16.5. The van der Waals surface area contributed by atoms with E-state index in [1.165, 1.54) is 0 Å². The molecule has 1 aromatic rings. The molecular formula is C21H31N3O4. The smallest absolute Gasteiger partial charge is 0.237 e. The maximum atomic E-state index is 12.9. The third-order valence-corrected chi connectivity index (χ3v) is 5.59. The van der Waals surface area contributed by atoms with Crippen molar-refractivity contribution in [2.24, 2.45) is 0 Å². The van der Waals surface area contributed by atoms with E-state index in [0.717, 1.165) is 24.2 Å². The summed E-state index contributed by atoms with van der Waals surface area (Å²) < 4.78 is 11.1. The maximum absolute atomic E-state index is 12.9. The van der Waals surface area contributed by atoms with E-state index in [1.54, 1.807) is 4.90 Å². The number of ether oxygens (including phenoxy) is 2. The third kappa shape index (κ3) is 5.02. The first-order chi connectivity index (χ1) is 13.6. The average molecular weight is 389 g/mol. The molecule has 1 aromatic carbocycles. The summed E-state index contributed by atoms with van der Waals surface area (Å²) in [4.78, 5) is 29.3. The van der Waals surface area contributed by atoms with E-state index in [2.05, 4.69) is 10.2 Å². The van der Waals surface area contributed by atoms with Crippen LogP contribution in [-0.4, -0.2) is 73.7 Å². The number of carbonyl (C=O) groups excluding carboxylic acids is 2. The van der Waals surface area contributed by atoms with E-state index in [4.69, 9.17) is 9.47 Å². The number of hydrogen-bond donors (Lipinski definition) is 1. The van der Waals surface area contributed by atoms with Gasteiger partial charge in [0.25, 0.3) is 0 Å². The highest BCUT2D eigenvalue weighted by Crippen LogP contribution is 2.23. The van der Waals surface area contributed by atoms with Crippen molar-refractivity contribution < 1.29 is 19.1 Å². The molecule has 154 valence electrons. The monoisotopic (exact) mass is 389 g/mol. The molecule has 2 saturated heterocycles. The van der Waals surface area contributed by atoms with Crippen molar-refractivity contribution >= 4 is 11.8 Å². The van der Waals surface area contributed by atoms with Gasteiger partial charge in [-0.3, -0.25) is 14.5 Å². The number of rotatable bonds is 7. The summed E-state index contributed by atoms with van der Waals surface area (Å²) in [6, 6.07) is 7.62. The predicted molar refractivity (Wildman–Crippen MR) is 106 cm³/mol. The van der Waals surface area contributed by atoms with Crippen LogP contribution in [0.15, 0.2) is 24.3 Å². The zero-order valence-electron chi connectivity index (χ0n) is 16.9. The van der Waals surface area contributed by atoms with Gasteiger partial charge in [-0.05, 0) is 25.8 Å². The summed E-state index contributed by atoms with van der Waals surface area (Å²) in [6.45, 7) is 5.82. The number of amides is 2. The zero-order chi connectivity index (χ0) is 19.9. The fourth-order valence-electron chi connectivity index (χ4n) is 3.91. The van der Waals surface area contributed by atoms with Gasteiger partial charge in [-0.15, -0.1) is 0 Å². The van der Waals surface area contributed by atoms with Gasteiger partial charge in [0.2, 0.25) is 11.8 Å². The van der Waals surface area contributed by atoms with Crippen molar-refractivity contribution in [2.45, 2.75) is 44.8 Å². The van der Waals surface area contributed by atoms with E-state index < -0.39 is 6.04 Å². The van der Waals surface area contributed by atoms with Gasteiger partial charge in [0.05, 0.1) is 19.1 Å². The molecule has 2 aliphatic rings. The molecule has 0 bridgehead atoms. The SMILES string of the molecule is CCOc1ccccc1CN1CCNC(=O)[C@@H]1CC(=O)N(C)C1CCOCC1. The third-order valence-electron chi connectivity index (χ3n) is 5.59. The van der Waals surface area contributed by atoms with Gasteiger partial charge in [-0.1, -0.05) is 18.2 Å². The molecule has 2 fully saturated rings. The Morgan fingerprint density at radius 2 is 2.07 bits per heavy atom. The molecule has 0 spiro atoms. The lowest BCUT2D eigenvalue weighted by Crippen LogP contribution is -2.56. The minimum Gasteiger partial charge on any atom is -0.494 e. The Hall–Kier alpha value is -2.12. The van der Waals surface area contributed by atoms with Crippen LogP contribution in [0.1, 0.15) is 31.7 Å². The Morgan fingerprint density at radius 3 is 2.82 bits per heavy atom. The molecule has 1 N–H and O–H groups in total. The van der Waals surface area contributed by atoms with Crippen LogP contribution >= 0.6 is 0 Å². The molecule has 3 rings (SSSR count).